The highest BCUT2D eigenvalue weighted by Crippen LogP contribution is 2.27. The van der Waals surface area contributed by atoms with Gasteiger partial charge in [-0.2, -0.15) is 4.31 Å². The van der Waals surface area contributed by atoms with Crippen molar-refractivity contribution in [3.8, 4) is 0 Å². The Bertz CT molecular complexity index is 644. The average molecular weight is 373 g/mol. The van der Waals surface area contributed by atoms with Crippen molar-refractivity contribution in [2.75, 3.05) is 19.8 Å². The third-order valence-corrected chi connectivity index (χ3v) is 6.83. The molecule has 0 N–H and O–H groups in total. The SMILES string of the molecule is CCC(C)N(CCC(C)(C)N(C)S(C)(=O)=O)[C@H](C)c1ccc(F)cc1. The van der Waals surface area contributed by atoms with Crippen LogP contribution in [0.4, 0.5) is 4.39 Å². The number of hydrogen-bond acceptors (Lipinski definition) is 3. The second kappa shape index (κ2) is 8.60. The van der Waals surface area contributed by atoms with E-state index in [4.69, 9.17) is 0 Å². The van der Waals surface area contributed by atoms with E-state index in [0.29, 0.717) is 12.5 Å². The first-order valence-corrected chi connectivity index (χ1v) is 10.7. The van der Waals surface area contributed by atoms with E-state index >= 15 is 0 Å². The van der Waals surface area contributed by atoms with Crippen molar-refractivity contribution >= 4 is 10.0 Å². The van der Waals surface area contributed by atoms with Crippen LogP contribution in [-0.4, -0.2) is 49.1 Å². The summed E-state index contributed by atoms with van der Waals surface area (Å²) in [4.78, 5) is 2.37. The third kappa shape index (κ3) is 6.04. The number of halogens is 1. The minimum atomic E-state index is -3.24. The molecule has 0 aliphatic rings. The molecule has 25 heavy (non-hydrogen) atoms. The van der Waals surface area contributed by atoms with E-state index in [1.165, 1.54) is 22.7 Å². The molecule has 0 spiro atoms. The summed E-state index contributed by atoms with van der Waals surface area (Å²) in [6.45, 7) is 11.1. The predicted molar refractivity (Wildman–Crippen MR) is 103 cm³/mol. The van der Waals surface area contributed by atoms with Crippen molar-refractivity contribution < 1.29 is 12.8 Å². The second-order valence-electron chi connectivity index (χ2n) is 7.52. The number of nitrogens with zero attached hydrogens (tertiary/aromatic N) is 2. The fourth-order valence-electron chi connectivity index (χ4n) is 2.97. The van der Waals surface area contributed by atoms with E-state index in [1.807, 2.05) is 26.0 Å². The molecule has 0 saturated heterocycles. The van der Waals surface area contributed by atoms with Gasteiger partial charge in [-0.25, -0.2) is 12.8 Å². The molecule has 0 amide bonds. The largest absolute Gasteiger partial charge is 0.294 e. The topological polar surface area (TPSA) is 40.6 Å². The molecule has 0 radical (unpaired) electrons. The fraction of sp³-hybridized carbons (Fsp3) is 0.684. The van der Waals surface area contributed by atoms with Crippen molar-refractivity contribution in [2.45, 2.75) is 65.1 Å². The van der Waals surface area contributed by atoms with Crippen LogP contribution >= 0.6 is 0 Å². The van der Waals surface area contributed by atoms with Crippen LogP contribution in [-0.2, 0) is 10.0 Å². The highest BCUT2D eigenvalue weighted by atomic mass is 32.2. The summed E-state index contributed by atoms with van der Waals surface area (Å²) >= 11 is 0. The molecule has 0 aliphatic heterocycles. The standard InChI is InChI=1S/C19H33FN2O2S/c1-8-15(2)22(16(3)17-9-11-18(20)12-10-17)14-13-19(4,5)21(6)25(7,23)24/h9-12,15-16H,8,13-14H2,1-7H3/t15?,16-/m1/s1. The maximum atomic E-state index is 13.2. The Morgan fingerprint density at radius 1 is 1.16 bits per heavy atom. The van der Waals surface area contributed by atoms with E-state index < -0.39 is 15.6 Å². The van der Waals surface area contributed by atoms with Gasteiger partial charge in [-0.3, -0.25) is 4.90 Å². The van der Waals surface area contributed by atoms with Crippen LogP contribution in [0, 0.1) is 5.82 Å². The maximum absolute atomic E-state index is 13.2. The van der Waals surface area contributed by atoms with E-state index in [1.54, 1.807) is 7.05 Å². The van der Waals surface area contributed by atoms with Gasteiger partial charge < -0.3 is 0 Å². The van der Waals surface area contributed by atoms with Gasteiger partial charge in [-0.1, -0.05) is 19.1 Å². The van der Waals surface area contributed by atoms with Crippen molar-refractivity contribution in [1.29, 1.82) is 0 Å². The van der Waals surface area contributed by atoms with Gasteiger partial charge in [0.2, 0.25) is 10.0 Å². The van der Waals surface area contributed by atoms with Crippen LogP contribution < -0.4 is 0 Å². The molecular formula is C19H33FN2O2S. The Hall–Kier alpha value is -0.980. The number of sulfonamides is 1. The summed E-state index contributed by atoms with van der Waals surface area (Å²) in [5.74, 6) is -0.234. The summed E-state index contributed by atoms with van der Waals surface area (Å²) in [5.41, 5.74) is 0.595. The molecule has 0 bridgehead atoms. The number of rotatable bonds is 9. The van der Waals surface area contributed by atoms with Crippen molar-refractivity contribution in [3.63, 3.8) is 0 Å². The summed E-state index contributed by atoms with van der Waals surface area (Å²) in [6, 6.07) is 7.10. The van der Waals surface area contributed by atoms with Crippen molar-refractivity contribution in [1.82, 2.24) is 9.21 Å². The van der Waals surface area contributed by atoms with Crippen LogP contribution in [0.3, 0.4) is 0 Å². The third-order valence-electron chi connectivity index (χ3n) is 5.34. The Balaban J connectivity index is 2.95. The number of benzene rings is 1. The van der Waals surface area contributed by atoms with Crippen LogP contribution in [0.15, 0.2) is 24.3 Å². The normalized spacial score (nSPS) is 15.6. The first kappa shape index (κ1) is 22.1. The zero-order valence-electron chi connectivity index (χ0n) is 16.6. The molecule has 1 unspecified atom stereocenters. The molecule has 1 aromatic carbocycles. The van der Waals surface area contributed by atoms with Gasteiger partial charge in [0.05, 0.1) is 6.26 Å². The minimum Gasteiger partial charge on any atom is -0.294 e. The van der Waals surface area contributed by atoms with Gasteiger partial charge in [0.25, 0.3) is 0 Å². The molecular weight excluding hydrogens is 339 g/mol. The number of hydrogen-bond donors (Lipinski definition) is 0. The van der Waals surface area contributed by atoms with Crippen LogP contribution in [0.25, 0.3) is 0 Å². The molecule has 0 heterocycles. The first-order valence-electron chi connectivity index (χ1n) is 8.85. The van der Waals surface area contributed by atoms with E-state index in [0.717, 1.165) is 18.5 Å². The van der Waals surface area contributed by atoms with Crippen molar-refractivity contribution in [2.24, 2.45) is 0 Å². The summed E-state index contributed by atoms with van der Waals surface area (Å²) in [7, 11) is -1.61. The van der Waals surface area contributed by atoms with Gasteiger partial charge in [0, 0.05) is 31.2 Å². The molecule has 0 aliphatic carbocycles. The molecule has 4 nitrogen and oxygen atoms in total. The molecule has 0 saturated carbocycles. The Kier molecular flexibility index (Phi) is 7.59. The van der Waals surface area contributed by atoms with Gasteiger partial charge in [0.15, 0.2) is 0 Å². The van der Waals surface area contributed by atoms with Crippen LogP contribution in [0.2, 0.25) is 0 Å². The van der Waals surface area contributed by atoms with E-state index in [9.17, 15) is 12.8 Å². The smallest absolute Gasteiger partial charge is 0.211 e. The summed E-state index contributed by atoms with van der Waals surface area (Å²) < 4.78 is 38.4. The highest BCUT2D eigenvalue weighted by Gasteiger charge is 2.32. The van der Waals surface area contributed by atoms with Gasteiger partial charge in [0.1, 0.15) is 5.82 Å². The molecule has 1 rings (SSSR count). The summed E-state index contributed by atoms with van der Waals surface area (Å²) in [5, 5.41) is 0. The van der Waals surface area contributed by atoms with Gasteiger partial charge >= 0.3 is 0 Å². The fourth-order valence-corrected chi connectivity index (χ4v) is 3.96. The van der Waals surface area contributed by atoms with E-state index in [-0.39, 0.29) is 11.9 Å². The molecule has 0 aromatic heterocycles. The van der Waals surface area contributed by atoms with Gasteiger partial charge in [-0.15, -0.1) is 0 Å². The lowest BCUT2D eigenvalue weighted by Gasteiger charge is -2.39. The molecule has 0 fully saturated rings. The summed E-state index contributed by atoms with van der Waals surface area (Å²) in [6.07, 6.45) is 2.95. The lowest BCUT2D eigenvalue weighted by atomic mass is 9.98. The average Bonchev–Trinajstić information content (AvgIpc) is 2.53. The molecule has 2 atom stereocenters. The highest BCUT2D eigenvalue weighted by molar-refractivity contribution is 7.88. The second-order valence-corrected chi connectivity index (χ2v) is 9.53. The molecule has 6 heteroatoms. The Morgan fingerprint density at radius 3 is 2.12 bits per heavy atom. The molecule has 144 valence electrons. The van der Waals surface area contributed by atoms with Crippen molar-refractivity contribution in [3.05, 3.63) is 35.6 Å². The van der Waals surface area contributed by atoms with Crippen LogP contribution in [0.5, 0.6) is 0 Å². The zero-order valence-corrected chi connectivity index (χ0v) is 17.4. The Morgan fingerprint density at radius 2 is 1.68 bits per heavy atom. The maximum Gasteiger partial charge on any atom is 0.211 e. The quantitative estimate of drug-likeness (QED) is 0.657. The van der Waals surface area contributed by atoms with E-state index in [2.05, 4.69) is 25.7 Å². The predicted octanol–water partition coefficient (Wildman–Crippen LogP) is 4.05. The van der Waals surface area contributed by atoms with Crippen LogP contribution in [0.1, 0.15) is 59.1 Å². The lowest BCUT2D eigenvalue weighted by molar-refractivity contribution is 0.120. The first-order chi connectivity index (χ1) is 11.4. The minimum absolute atomic E-state index is 0.134. The zero-order chi connectivity index (χ0) is 19.4. The van der Waals surface area contributed by atoms with Gasteiger partial charge in [-0.05, 0) is 58.2 Å². The lowest BCUT2D eigenvalue weighted by Crippen LogP contribution is -2.47. The monoisotopic (exact) mass is 372 g/mol. The Labute approximate surface area is 153 Å². The molecule has 1 aromatic rings.